The van der Waals surface area contributed by atoms with E-state index in [1.54, 1.807) is 0 Å². The molecule has 2 aromatic rings. The van der Waals surface area contributed by atoms with Gasteiger partial charge in [-0.2, -0.15) is 0 Å². The van der Waals surface area contributed by atoms with E-state index in [1.165, 1.54) is 11.1 Å². The summed E-state index contributed by atoms with van der Waals surface area (Å²) in [5, 5.41) is 0. The summed E-state index contributed by atoms with van der Waals surface area (Å²) in [6.07, 6.45) is -1.05. The molecule has 1 unspecified atom stereocenters. The minimum atomic E-state index is -1.05. The molecule has 0 saturated carbocycles. The van der Waals surface area contributed by atoms with Gasteiger partial charge >= 0.3 is 0 Å². The molecule has 5 heteroatoms. The zero-order valence-electron chi connectivity index (χ0n) is 16.5. The fraction of sp³-hybridized carbons (Fsp3) is 0.435. The van der Waals surface area contributed by atoms with Gasteiger partial charge in [0.1, 0.15) is 6.17 Å². The van der Waals surface area contributed by atoms with Crippen molar-refractivity contribution in [2.45, 2.75) is 19.3 Å². The molecular weight excluding hydrogens is 357 g/mol. The Morgan fingerprint density at radius 3 is 1.79 bits per heavy atom. The van der Waals surface area contributed by atoms with E-state index in [-0.39, 0.29) is 6.61 Å². The van der Waals surface area contributed by atoms with E-state index in [1.807, 2.05) is 36.4 Å². The van der Waals surface area contributed by atoms with E-state index >= 15 is 0 Å². The lowest BCUT2D eigenvalue weighted by molar-refractivity contribution is 0.00185. The van der Waals surface area contributed by atoms with Crippen molar-refractivity contribution < 1.29 is 18.6 Å². The highest BCUT2D eigenvalue weighted by atomic mass is 19.1. The maximum absolute atomic E-state index is 14.5. The molecule has 0 aliphatic carbocycles. The van der Waals surface area contributed by atoms with Crippen LogP contribution in [0.3, 0.4) is 0 Å². The van der Waals surface area contributed by atoms with Gasteiger partial charge in [-0.1, -0.05) is 60.7 Å². The Hall–Kier alpha value is -1.79. The van der Waals surface area contributed by atoms with Gasteiger partial charge in [-0.05, 0) is 18.1 Å². The first kappa shape index (κ1) is 22.5. The molecule has 0 bridgehead atoms. The highest BCUT2D eigenvalue weighted by molar-refractivity contribution is 5.17. The van der Waals surface area contributed by atoms with Crippen LogP contribution < -0.4 is 0 Å². The van der Waals surface area contributed by atoms with E-state index in [2.05, 4.69) is 36.1 Å². The molecule has 0 aromatic heterocycles. The molecule has 1 atom stereocenters. The monoisotopic (exact) mass is 388 g/mol. The molecule has 4 nitrogen and oxygen atoms in total. The largest absolute Gasteiger partial charge is 0.379 e. The van der Waals surface area contributed by atoms with Crippen molar-refractivity contribution in [3.63, 3.8) is 0 Å². The predicted octanol–water partition coefficient (Wildman–Crippen LogP) is 3.91. The van der Waals surface area contributed by atoms with Crippen molar-refractivity contribution in [2.75, 3.05) is 46.2 Å². The minimum absolute atomic E-state index is 0.0683. The van der Waals surface area contributed by atoms with Gasteiger partial charge in [-0.3, -0.25) is 4.90 Å². The van der Waals surface area contributed by atoms with Crippen LogP contribution in [0.4, 0.5) is 4.39 Å². The van der Waals surface area contributed by atoms with Gasteiger partial charge in [0.05, 0.1) is 33.0 Å². The summed E-state index contributed by atoms with van der Waals surface area (Å²) in [7, 11) is 0. The third-order valence-electron chi connectivity index (χ3n) is 4.14. The van der Waals surface area contributed by atoms with Gasteiger partial charge in [0, 0.05) is 26.2 Å². The van der Waals surface area contributed by atoms with E-state index < -0.39 is 6.17 Å². The number of nitrogens with zero attached hydrogens (tertiary/aromatic N) is 1. The predicted molar refractivity (Wildman–Crippen MR) is 110 cm³/mol. The molecule has 0 saturated heterocycles. The number of alkyl halides is 1. The fourth-order valence-corrected chi connectivity index (χ4v) is 2.85. The van der Waals surface area contributed by atoms with E-state index in [0.29, 0.717) is 52.7 Å². The molecule has 0 spiro atoms. The van der Waals surface area contributed by atoms with Crippen molar-refractivity contribution in [2.24, 2.45) is 0 Å². The maximum Gasteiger partial charge on any atom is 0.136 e. The zero-order valence-corrected chi connectivity index (χ0v) is 16.5. The fourth-order valence-electron chi connectivity index (χ4n) is 2.85. The Balaban J connectivity index is 1.74. The lowest BCUT2D eigenvalue weighted by Gasteiger charge is -2.24. The Morgan fingerprint density at radius 2 is 1.25 bits per heavy atom. The lowest BCUT2D eigenvalue weighted by Crippen LogP contribution is -2.32. The zero-order chi connectivity index (χ0) is 19.9. The lowest BCUT2D eigenvalue weighted by atomic mass is 10.1. The van der Waals surface area contributed by atoms with Crippen LogP contribution in [0.1, 0.15) is 11.1 Å². The average Bonchev–Trinajstić information content (AvgIpc) is 2.71. The second kappa shape index (κ2) is 14.2. The molecule has 0 aliphatic rings. The quantitative estimate of drug-likeness (QED) is 0.433. The third kappa shape index (κ3) is 9.95. The highest BCUT2D eigenvalue weighted by Gasteiger charge is 2.15. The van der Waals surface area contributed by atoms with Crippen LogP contribution in [0.25, 0.3) is 0 Å². The van der Waals surface area contributed by atoms with Crippen molar-refractivity contribution in [1.29, 1.82) is 0 Å². The number of hydrogen-bond acceptors (Lipinski definition) is 4. The standard InChI is InChI=1S/C23H31FNO3/c1-2-26-13-14-27-15-16-28-20-23(24)19-25(17-21-9-5-3-6-10-21)18-22-11-7-4-8-12-22/h3-12,23H,1-2,13-20H2. The van der Waals surface area contributed by atoms with Crippen molar-refractivity contribution >= 4 is 0 Å². The van der Waals surface area contributed by atoms with Crippen molar-refractivity contribution in [1.82, 2.24) is 4.90 Å². The van der Waals surface area contributed by atoms with Crippen LogP contribution in [0.2, 0.25) is 0 Å². The second-order valence-corrected chi connectivity index (χ2v) is 6.54. The molecule has 0 fully saturated rings. The third-order valence-corrected chi connectivity index (χ3v) is 4.14. The first-order valence-electron chi connectivity index (χ1n) is 9.74. The molecule has 2 aromatic carbocycles. The van der Waals surface area contributed by atoms with Gasteiger partial charge < -0.3 is 14.2 Å². The Kier molecular flexibility index (Phi) is 11.4. The Labute approximate surface area is 168 Å². The number of ether oxygens (including phenoxy) is 3. The van der Waals surface area contributed by atoms with Crippen LogP contribution in [-0.4, -0.2) is 57.3 Å². The minimum Gasteiger partial charge on any atom is -0.379 e. The maximum atomic E-state index is 14.5. The normalized spacial score (nSPS) is 12.4. The van der Waals surface area contributed by atoms with E-state index in [4.69, 9.17) is 14.2 Å². The molecule has 0 amide bonds. The van der Waals surface area contributed by atoms with E-state index in [9.17, 15) is 4.39 Å². The van der Waals surface area contributed by atoms with Gasteiger partial charge in [0.25, 0.3) is 0 Å². The van der Waals surface area contributed by atoms with Gasteiger partial charge in [-0.15, -0.1) is 0 Å². The second-order valence-electron chi connectivity index (χ2n) is 6.54. The van der Waals surface area contributed by atoms with Gasteiger partial charge in [0.2, 0.25) is 0 Å². The molecule has 0 heterocycles. The molecule has 28 heavy (non-hydrogen) atoms. The number of rotatable bonds is 15. The molecule has 0 aliphatic heterocycles. The summed E-state index contributed by atoms with van der Waals surface area (Å²) in [4.78, 5) is 2.12. The number of halogens is 1. The topological polar surface area (TPSA) is 30.9 Å². The summed E-state index contributed by atoms with van der Waals surface area (Å²) in [6, 6.07) is 20.3. The van der Waals surface area contributed by atoms with Crippen LogP contribution >= 0.6 is 0 Å². The smallest absolute Gasteiger partial charge is 0.136 e. The summed E-state index contributed by atoms with van der Waals surface area (Å²) < 4.78 is 30.3. The van der Waals surface area contributed by atoms with Gasteiger partial charge in [0.15, 0.2) is 0 Å². The average molecular weight is 389 g/mol. The van der Waals surface area contributed by atoms with Crippen molar-refractivity contribution in [3.8, 4) is 0 Å². The number of benzene rings is 2. The Morgan fingerprint density at radius 1 is 0.750 bits per heavy atom. The number of hydrogen-bond donors (Lipinski definition) is 0. The Bertz CT molecular complexity index is 570. The molecule has 1 radical (unpaired) electrons. The first-order chi connectivity index (χ1) is 13.8. The SMILES string of the molecule is [CH2]COCCOCCOCC(F)CN(Cc1ccccc1)Cc1ccccc1. The van der Waals surface area contributed by atoms with E-state index in [0.717, 1.165) is 0 Å². The van der Waals surface area contributed by atoms with Crippen LogP contribution in [0, 0.1) is 6.92 Å². The van der Waals surface area contributed by atoms with Crippen LogP contribution in [0.15, 0.2) is 60.7 Å². The molecular formula is C23H31FNO3. The van der Waals surface area contributed by atoms with Crippen molar-refractivity contribution in [3.05, 3.63) is 78.7 Å². The van der Waals surface area contributed by atoms with Crippen LogP contribution in [0.5, 0.6) is 0 Å². The summed E-state index contributed by atoms with van der Waals surface area (Å²) in [6.45, 7) is 7.64. The summed E-state index contributed by atoms with van der Waals surface area (Å²) in [5.74, 6) is 0. The molecule has 0 N–H and O–H groups in total. The van der Waals surface area contributed by atoms with Crippen LogP contribution in [-0.2, 0) is 27.3 Å². The summed E-state index contributed by atoms with van der Waals surface area (Å²) >= 11 is 0. The highest BCUT2D eigenvalue weighted by Crippen LogP contribution is 2.12. The summed E-state index contributed by atoms with van der Waals surface area (Å²) in [5.41, 5.74) is 2.34. The molecule has 2 rings (SSSR count). The first-order valence-corrected chi connectivity index (χ1v) is 9.74. The van der Waals surface area contributed by atoms with Gasteiger partial charge in [-0.25, -0.2) is 4.39 Å². The molecule has 153 valence electrons.